The number of aryl methyl sites for hydroxylation is 1. The predicted molar refractivity (Wildman–Crippen MR) is 86.6 cm³/mol. The molecule has 2 amide bonds. The molecule has 0 bridgehead atoms. The lowest BCUT2D eigenvalue weighted by molar-refractivity contribution is -0.139. The number of β-amino-alcohol motifs (C(OH)–C–C–N with tert-alkyl or cyclic N) is 1. The SMILES string of the molecule is CNC(=O)CCC1(O)CCCN(C(=O)CCc2cccnc2)C1. The van der Waals surface area contributed by atoms with Crippen LogP contribution in [-0.2, 0) is 16.0 Å². The van der Waals surface area contributed by atoms with Gasteiger partial charge in [0.2, 0.25) is 11.8 Å². The van der Waals surface area contributed by atoms with Crippen molar-refractivity contribution in [3.8, 4) is 0 Å². The fraction of sp³-hybridized carbons (Fsp3) is 0.588. The maximum atomic E-state index is 12.4. The summed E-state index contributed by atoms with van der Waals surface area (Å²) in [6.07, 6.45) is 6.62. The molecule has 2 heterocycles. The number of hydrogen-bond acceptors (Lipinski definition) is 4. The molecule has 2 N–H and O–H groups in total. The number of rotatable bonds is 6. The molecule has 0 saturated carbocycles. The number of nitrogens with zero attached hydrogens (tertiary/aromatic N) is 2. The summed E-state index contributed by atoms with van der Waals surface area (Å²) < 4.78 is 0. The molecule has 1 aromatic heterocycles. The molecule has 1 atom stereocenters. The van der Waals surface area contributed by atoms with Crippen LogP contribution in [0.5, 0.6) is 0 Å². The van der Waals surface area contributed by atoms with Gasteiger partial charge in [-0.15, -0.1) is 0 Å². The van der Waals surface area contributed by atoms with E-state index in [0.29, 0.717) is 38.8 Å². The molecule has 1 aliphatic rings. The van der Waals surface area contributed by atoms with E-state index in [1.165, 1.54) is 0 Å². The number of carbonyl (C=O) groups is 2. The summed E-state index contributed by atoms with van der Waals surface area (Å²) in [6, 6.07) is 3.81. The average Bonchev–Trinajstić information content (AvgIpc) is 2.58. The van der Waals surface area contributed by atoms with Crippen LogP contribution >= 0.6 is 0 Å². The zero-order chi connectivity index (χ0) is 16.7. The third kappa shape index (κ3) is 5.32. The molecule has 1 aromatic rings. The van der Waals surface area contributed by atoms with Crippen LogP contribution in [0.2, 0.25) is 0 Å². The summed E-state index contributed by atoms with van der Waals surface area (Å²) in [4.78, 5) is 29.5. The molecule has 0 aliphatic carbocycles. The molecule has 0 spiro atoms. The van der Waals surface area contributed by atoms with Crippen LogP contribution < -0.4 is 5.32 Å². The molecule has 1 aliphatic heterocycles. The van der Waals surface area contributed by atoms with E-state index in [2.05, 4.69) is 10.3 Å². The number of aliphatic hydroxyl groups is 1. The van der Waals surface area contributed by atoms with E-state index in [1.807, 2.05) is 12.1 Å². The van der Waals surface area contributed by atoms with Gasteiger partial charge in [0.25, 0.3) is 0 Å². The second-order valence-electron chi connectivity index (χ2n) is 6.18. The van der Waals surface area contributed by atoms with Gasteiger partial charge in [-0.2, -0.15) is 0 Å². The Bertz CT molecular complexity index is 535. The van der Waals surface area contributed by atoms with E-state index in [9.17, 15) is 14.7 Å². The van der Waals surface area contributed by atoms with Crippen molar-refractivity contribution in [1.29, 1.82) is 0 Å². The molecule has 6 nitrogen and oxygen atoms in total. The average molecular weight is 319 g/mol. The van der Waals surface area contributed by atoms with Crippen molar-refractivity contribution in [3.05, 3.63) is 30.1 Å². The third-order valence-corrected chi connectivity index (χ3v) is 4.35. The van der Waals surface area contributed by atoms with Crippen molar-refractivity contribution < 1.29 is 14.7 Å². The molecule has 1 saturated heterocycles. The summed E-state index contributed by atoms with van der Waals surface area (Å²) in [5.41, 5.74) is 0.0853. The van der Waals surface area contributed by atoms with Crippen LogP contribution in [0.3, 0.4) is 0 Å². The van der Waals surface area contributed by atoms with Gasteiger partial charge < -0.3 is 15.3 Å². The summed E-state index contributed by atoms with van der Waals surface area (Å²) in [7, 11) is 1.58. The molecule has 0 aromatic carbocycles. The van der Waals surface area contributed by atoms with Gasteiger partial charge in [0.15, 0.2) is 0 Å². The Hall–Kier alpha value is -1.95. The van der Waals surface area contributed by atoms with Gasteiger partial charge in [-0.05, 0) is 37.3 Å². The molecular formula is C17H25N3O3. The second-order valence-corrected chi connectivity index (χ2v) is 6.18. The topological polar surface area (TPSA) is 82.5 Å². The third-order valence-electron chi connectivity index (χ3n) is 4.35. The van der Waals surface area contributed by atoms with Gasteiger partial charge in [0.05, 0.1) is 5.60 Å². The number of likely N-dealkylation sites (tertiary alicyclic amines) is 1. The van der Waals surface area contributed by atoms with Crippen LogP contribution in [0.15, 0.2) is 24.5 Å². The maximum Gasteiger partial charge on any atom is 0.223 e. The quantitative estimate of drug-likeness (QED) is 0.816. The molecule has 1 fully saturated rings. The van der Waals surface area contributed by atoms with Gasteiger partial charge in [0, 0.05) is 45.4 Å². The highest BCUT2D eigenvalue weighted by atomic mass is 16.3. The summed E-state index contributed by atoms with van der Waals surface area (Å²) in [5, 5.41) is 13.2. The Labute approximate surface area is 136 Å². The lowest BCUT2D eigenvalue weighted by atomic mass is 9.88. The van der Waals surface area contributed by atoms with Crippen LogP contribution in [0.25, 0.3) is 0 Å². The molecule has 1 unspecified atom stereocenters. The van der Waals surface area contributed by atoms with Crippen LogP contribution in [-0.4, -0.2) is 52.5 Å². The summed E-state index contributed by atoms with van der Waals surface area (Å²) in [6.45, 7) is 0.990. The number of hydrogen-bond donors (Lipinski definition) is 2. The molecular weight excluding hydrogens is 294 g/mol. The van der Waals surface area contributed by atoms with Crippen molar-refractivity contribution in [2.24, 2.45) is 0 Å². The zero-order valence-corrected chi connectivity index (χ0v) is 13.6. The Morgan fingerprint density at radius 1 is 1.43 bits per heavy atom. The van der Waals surface area contributed by atoms with Crippen LogP contribution in [0.1, 0.15) is 37.7 Å². The molecule has 23 heavy (non-hydrogen) atoms. The molecule has 126 valence electrons. The number of carbonyl (C=O) groups excluding carboxylic acids is 2. The first-order valence-corrected chi connectivity index (χ1v) is 8.12. The van der Waals surface area contributed by atoms with Crippen molar-refractivity contribution >= 4 is 11.8 Å². The maximum absolute atomic E-state index is 12.4. The van der Waals surface area contributed by atoms with Crippen LogP contribution in [0.4, 0.5) is 0 Å². The fourth-order valence-corrected chi connectivity index (χ4v) is 2.96. The van der Waals surface area contributed by atoms with Gasteiger partial charge >= 0.3 is 0 Å². The highest BCUT2D eigenvalue weighted by Gasteiger charge is 2.35. The van der Waals surface area contributed by atoms with Gasteiger partial charge in [-0.1, -0.05) is 6.07 Å². The smallest absolute Gasteiger partial charge is 0.223 e. The predicted octanol–water partition coefficient (Wildman–Crippen LogP) is 0.894. The monoisotopic (exact) mass is 319 g/mol. The number of amides is 2. The van der Waals surface area contributed by atoms with Crippen molar-refractivity contribution in [3.63, 3.8) is 0 Å². The first kappa shape index (κ1) is 17.4. The Kier molecular flexibility index (Phi) is 6.10. The minimum atomic E-state index is -0.950. The Morgan fingerprint density at radius 3 is 2.96 bits per heavy atom. The van der Waals surface area contributed by atoms with Gasteiger partial charge in [-0.3, -0.25) is 14.6 Å². The number of piperidine rings is 1. The normalized spacial score (nSPS) is 21.0. The highest BCUT2D eigenvalue weighted by molar-refractivity contribution is 5.77. The lowest BCUT2D eigenvalue weighted by Gasteiger charge is -2.39. The Balaban J connectivity index is 1.84. The minimum absolute atomic E-state index is 0.0481. The summed E-state index contributed by atoms with van der Waals surface area (Å²) in [5.74, 6) is -0.0367. The van der Waals surface area contributed by atoms with E-state index < -0.39 is 5.60 Å². The number of aromatic nitrogens is 1. The molecule has 2 rings (SSSR count). The van der Waals surface area contributed by atoms with E-state index >= 15 is 0 Å². The summed E-state index contributed by atoms with van der Waals surface area (Å²) >= 11 is 0. The van der Waals surface area contributed by atoms with Crippen molar-refractivity contribution in [1.82, 2.24) is 15.2 Å². The Morgan fingerprint density at radius 2 is 2.26 bits per heavy atom. The first-order valence-electron chi connectivity index (χ1n) is 8.12. The second kappa shape index (κ2) is 8.06. The van der Waals surface area contributed by atoms with Gasteiger partial charge in [-0.25, -0.2) is 0 Å². The number of pyridine rings is 1. The fourth-order valence-electron chi connectivity index (χ4n) is 2.96. The van der Waals surface area contributed by atoms with E-state index in [-0.39, 0.29) is 18.2 Å². The van der Waals surface area contributed by atoms with E-state index in [4.69, 9.17) is 0 Å². The van der Waals surface area contributed by atoms with Crippen molar-refractivity contribution in [2.75, 3.05) is 20.1 Å². The largest absolute Gasteiger partial charge is 0.388 e. The van der Waals surface area contributed by atoms with E-state index in [1.54, 1.807) is 24.3 Å². The van der Waals surface area contributed by atoms with E-state index in [0.717, 1.165) is 12.0 Å². The van der Waals surface area contributed by atoms with Crippen LogP contribution in [0, 0.1) is 0 Å². The first-order chi connectivity index (χ1) is 11.0. The number of nitrogens with one attached hydrogen (secondary N) is 1. The lowest BCUT2D eigenvalue weighted by Crippen LogP contribution is -2.50. The standard InChI is InChI=1S/C17H25N3O3/c1-18-15(21)7-9-17(23)8-3-11-20(13-17)16(22)6-5-14-4-2-10-19-12-14/h2,4,10,12,23H,3,5-9,11,13H2,1H3,(H,18,21). The zero-order valence-electron chi connectivity index (χ0n) is 13.6. The van der Waals surface area contributed by atoms with Gasteiger partial charge in [0.1, 0.15) is 0 Å². The molecule has 0 radical (unpaired) electrons. The molecule has 6 heteroatoms. The van der Waals surface area contributed by atoms with Crippen molar-refractivity contribution in [2.45, 2.75) is 44.1 Å². The highest BCUT2D eigenvalue weighted by Crippen LogP contribution is 2.26. The minimum Gasteiger partial charge on any atom is -0.388 e.